The van der Waals surface area contributed by atoms with Crippen LogP contribution in [0.25, 0.3) is 22.5 Å². The SMILES string of the molecule is C=CCN1CC[C@@H](Cn2cnc(-c3ccccc3)c2-c2cnc(CCC)nc2)C1. The van der Waals surface area contributed by atoms with Gasteiger partial charge in [0.1, 0.15) is 5.82 Å². The van der Waals surface area contributed by atoms with Gasteiger partial charge in [-0.2, -0.15) is 0 Å². The molecule has 1 aliphatic heterocycles. The molecule has 0 aliphatic carbocycles. The molecule has 5 nitrogen and oxygen atoms in total. The van der Waals surface area contributed by atoms with Crippen molar-refractivity contribution in [1.29, 1.82) is 0 Å². The van der Waals surface area contributed by atoms with Crippen LogP contribution in [0.15, 0.2) is 61.7 Å². The molecule has 0 radical (unpaired) electrons. The lowest BCUT2D eigenvalue weighted by Gasteiger charge is -2.16. The number of rotatable bonds is 8. The molecule has 2 aromatic heterocycles. The molecule has 3 aromatic rings. The summed E-state index contributed by atoms with van der Waals surface area (Å²) in [6.45, 7) is 10.2. The van der Waals surface area contributed by atoms with Crippen LogP contribution in [0.3, 0.4) is 0 Å². The molecule has 1 fully saturated rings. The summed E-state index contributed by atoms with van der Waals surface area (Å²) in [5.74, 6) is 1.52. The van der Waals surface area contributed by atoms with Crippen LogP contribution in [0.5, 0.6) is 0 Å². The number of aromatic nitrogens is 4. The first-order chi connectivity index (χ1) is 14.3. The summed E-state index contributed by atoms with van der Waals surface area (Å²) in [5, 5.41) is 0. The maximum atomic E-state index is 4.80. The molecule has 1 aromatic carbocycles. The lowest BCUT2D eigenvalue weighted by atomic mass is 10.1. The fourth-order valence-corrected chi connectivity index (χ4v) is 4.15. The van der Waals surface area contributed by atoms with E-state index >= 15 is 0 Å². The van der Waals surface area contributed by atoms with Crippen LogP contribution >= 0.6 is 0 Å². The first kappa shape index (κ1) is 19.5. The Morgan fingerprint density at radius 2 is 1.90 bits per heavy atom. The summed E-state index contributed by atoms with van der Waals surface area (Å²) in [5.41, 5.74) is 4.26. The lowest BCUT2D eigenvalue weighted by Crippen LogP contribution is -2.21. The Labute approximate surface area is 173 Å². The summed E-state index contributed by atoms with van der Waals surface area (Å²) >= 11 is 0. The fourth-order valence-electron chi connectivity index (χ4n) is 4.15. The number of aryl methyl sites for hydroxylation is 1. The van der Waals surface area contributed by atoms with Crippen molar-refractivity contribution < 1.29 is 0 Å². The summed E-state index contributed by atoms with van der Waals surface area (Å²) < 4.78 is 2.29. The normalized spacial score (nSPS) is 16.9. The van der Waals surface area contributed by atoms with Gasteiger partial charge in [0.05, 0.1) is 17.7 Å². The van der Waals surface area contributed by atoms with Crippen LogP contribution in [0.1, 0.15) is 25.6 Å². The Bertz CT molecular complexity index is 930. The molecule has 0 saturated carbocycles. The Morgan fingerprint density at radius 3 is 2.62 bits per heavy atom. The van der Waals surface area contributed by atoms with E-state index in [-0.39, 0.29) is 0 Å². The summed E-state index contributed by atoms with van der Waals surface area (Å²) in [7, 11) is 0. The van der Waals surface area contributed by atoms with Crippen molar-refractivity contribution in [3.8, 4) is 22.5 Å². The van der Waals surface area contributed by atoms with Gasteiger partial charge in [0.15, 0.2) is 0 Å². The van der Waals surface area contributed by atoms with Crippen molar-refractivity contribution in [2.24, 2.45) is 5.92 Å². The molecule has 5 heteroatoms. The zero-order valence-electron chi connectivity index (χ0n) is 17.2. The van der Waals surface area contributed by atoms with Gasteiger partial charge in [0.2, 0.25) is 0 Å². The zero-order valence-corrected chi connectivity index (χ0v) is 17.2. The van der Waals surface area contributed by atoms with Gasteiger partial charge in [0, 0.05) is 49.6 Å². The van der Waals surface area contributed by atoms with Crippen molar-refractivity contribution >= 4 is 0 Å². The second-order valence-electron chi connectivity index (χ2n) is 7.80. The number of benzene rings is 1. The maximum Gasteiger partial charge on any atom is 0.128 e. The molecule has 4 rings (SSSR count). The average Bonchev–Trinajstić information content (AvgIpc) is 3.37. The number of likely N-dealkylation sites (tertiary alicyclic amines) is 1. The van der Waals surface area contributed by atoms with Crippen molar-refractivity contribution in [3.63, 3.8) is 0 Å². The average molecular weight is 388 g/mol. The minimum Gasteiger partial charge on any atom is -0.330 e. The molecule has 1 saturated heterocycles. The van der Waals surface area contributed by atoms with Crippen LogP contribution in [0.4, 0.5) is 0 Å². The highest BCUT2D eigenvalue weighted by molar-refractivity contribution is 5.77. The molecule has 150 valence electrons. The Morgan fingerprint density at radius 1 is 1.10 bits per heavy atom. The highest BCUT2D eigenvalue weighted by Gasteiger charge is 2.24. The molecule has 1 atom stereocenters. The molecule has 0 spiro atoms. The largest absolute Gasteiger partial charge is 0.330 e. The molecular weight excluding hydrogens is 358 g/mol. The van der Waals surface area contributed by atoms with Gasteiger partial charge >= 0.3 is 0 Å². The third-order valence-electron chi connectivity index (χ3n) is 5.55. The van der Waals surface area contributed by atoms with Crippen molar-refractivity contribution in [3.05, 3.63) is 67.5 Å². The van der Waals surface area contributed by atoms with Gasteiger partial charge in [0.25, 0.3) is 0 Å². The molecule has 3 heterocycles. The third-order valence-corrected chi connectivity index (χ3v) is 5.55. The summed E-state index contributed by atoms with van der Waals surface area (Å²) in [6.07, 6.45) is 11.1. The first-order valence-electron chi connectivity index (χ1n) is 10.5. The van der Waals surface area contributed by atoms with Crippen molar-refractivity contribution in [1.82, 2.24) is 24.4 Å². The quantitative estimate of drug-likeness (QED) is 0.535. The summed E-state index contributed by atoms with van der Waals surface area (Å²) in [4.78, 5) is 16.5. The molecule has 0 unspecified atom stereocenters. The van der Waals surface area contributed by atoms with Gasteiger partial charge in [-0.15, -0.1) is 6.58 Å². The number of imidazole rings is 1. The van der Waals surface area contributed by atoms with E-state index in [9.17, 15) is 0 Å². The fraction of sp³-hybridized carbons (Fsp3) is 0.375. The lowest BCUT2D eigenvalue weighted by molar-refractivity contribution is 0.348. The smallest absolute Gasteiger partial charge is 0.128 e. The molecule has 0 N–H and O–H groups in total. The Hall–Kier alpha value is -2.79. The molecule has 0 bridgehead atoms. The van der Waals surface area contributed by atoms with Gasteiger partial charge < -0.3 is 4.57 Å². The van der Waals surface area contributed by atoms with E-state index in [0.717, 1.165) is 67.4 Å². The molecule has 0 amide bonds. The van der Waals surface area contributed by atoms with Gasteiger partial charge in [-0.3, -0.25) is 4.90 Å². The number of hydrogen-bond acceptors (Lipinski definition) is 4. The molecule has 29 heavy (non-hydrogen) atoms. The van der Waals surface area contributed by atoms with E-state index < -0.39 is 0 Å². The van der Waals surface area contributed by atoms with Crippen LogP contribution in [-0.2, 0) is 13.0 Å². The standard InChI is InChI=1S/C24H29N5/c1-3-8-22-25-14-21(15-26-22)24-23(20-9-6-5-7-10-20)27-18-29(24)17-19-11-13-28(16-19)12-4-2/h4-7,9-10,14-15,18-19H,2-3,8,11-13,16-17H2,1H3/t19-/m1/s1. The zero-order chi connectivity index (χ0) is 20.1. The van der Waals surface area contributed by atoms with Crippen molar-refractivity contribution in [2.75, 3.05) is 19.6 Å². The van der Waals surface area contributed by atoms with Crippen LogP contribution in [-0.4, -0.2) is 44.1 Å². The van der Waals surface area contributed by atoms with E-state index in [0.29, 0.717) is 5.92 Å². The Balaban J connectivity index is 1.66. The number of hydrogen-bond donors (Lipinski definition) is 0. The second-order valence-corrected chi connectivity index (χ2v) is 7.80. The number of nitrogens with zero attached hydrogens (tertiary/aromatic N) is 5. The van der Waals surface area contributed by atoms with Gasteiger partial charge in [-0.25, -0.2) is 15.0 Å². The van der Waals surface area contributed by atoms with E-state index in [4.69, 9.17) is 4.98 Å². The highest BCUT2D eigenvalue weighted by atomic mass is 15.2. The molecular formula is C24H29N5. The predicted octanol–water partition coefficient (Wildman–Crippen LogP) is 4.47. The molecule has 1 aliphatic rings. The maximum absolute atomic E-state index is 4.80. The predicted molar refractivity (Wildman–Crippen MR) is 117 cm³/mol. The second kappa shape index (κ2) is 9.14. The third kappa shape index (κ3) is 4.46. The van der Waals surface area contributed by atoms with Gasteiger partial charge in [-0.05, 0) is 25.3 Å². The first-order valence-corrected chi connectivity index (χ1v) is 10.5. The summed E-state index contributed by atoms with van der Waals surface area (Å²) in [6, 6.07) is 10.4. The van der Waals surface area contributed by atoms with Gasteiger partial charge in [-0.1, -0.05) is 43.3 Å². The minimum atomic E-state index is 0.617. The highest BCUT2D eigenvalue weighted by Crippen LogP contribution is 2.32. The van der Waals surface area contributed by atoms with Crippen LogP contribution in [0.2, 0.25) is 0 Å². The topological polar surface area (TPSA) is 46.8 Å². The monoisotopic (exact) mass is 387 g/mol. The van der Waals surface area contributed by atoms with E-state index in [1.54, 1.807) is 0 Å². The van der Waals surface area contributed by atoms with E-state index in [2.05, 4.69) is 57.2 Å². The van der Waals surface area contributed by atoms with Crippen LogP contribution in [0, 0.1) is 5.92 Å². The van der Waals surface area contributed by atoms with Crippen LogP contribution < -0.4 is 0 Å². The van der Waals surface area contributed by atoms with E-state index in [1.165, 1.54) is 6.42 Å². The minimum absolute atomic E-state index is 0.617. The van der Waals surface area contributed by atoms with E-state index in [1.807, 2.05) is 30.9 Å². The Kier molecular flexibility index (Phi) is 6.15. The van der Waals surface area contributed by atoms with Crippen molar-refractivity contribution in [2.45, 2.75) is 32.7 Å².